The second-order valence-electron chi connectivity index (χ2n) is 4.23. The molecule has 1 aromatic carbocycles. The normalized spacial score (nSPS) is 12.1. The van der Waals surface area contributed by atoms with Gasteiger partial charge in [-0.15, -0.1) is 0 Å². The van der Waals surface area contributed by atoms with Gasteiger partial charge in [0.1, 0.15) is 12.1 Å². The summed E-state index contributed by atoms with van der Waals surface area (Å²) >= 11 is 0. The molecule has 4 nitrogen and oxygen atoms in total. The highest BCUT2D eigenvalue weighted by Gasteiger charge is 2.10. The van der Waals surface area contributed by atoms with Crippen LogP contribution in [0.15, 0.2) is 49.1 Å². The third-order valence-corrected chi connectivity index (χ3v) is 2.85. The van der Waals surface area contributed by atoms with E-state index in [0.29, 0.717) is 6.61 Å². The third-order valence-electron chi connectivity index (χ3n) is 2.85. The van der Waals surface area contributed by atoms with Gasteiger partial charge in [-0.25, -0.2) is 9.97 Å². The van der Waals surface area contributed by atoms with Crippen molar-refractivity contribution in [2.75, 3.05) is 13.2 Å². The van der Waals surface area contributed by atoms with Gasteiger partial charge in [0.05, 0.1) is 6.61 Å². The fraction of sp³-hybridized carbons (Fsp3) is 0.333. The van der Waals surface area contributed by atoms with Crippen LogP contribution in [0.4, 0.5) is 0 Å². The van der Waals surface area contributed by atoms with Gasteiger partial charge < -0.3 is 10.1 Å². The minimum Gasteiger partial charge on any atom is -0.494 e. The SMILES string of the molecule is CCNC(CCOc1ccccc1)c1cncnc1. The summed E-state index contributed by atoms with van der Waals surface area (Å²) < 4.78 is 5.72. The molecule has 1 atom stereocenters. The number of aromatic nitrogens is 2. The van der Waals surface area contributed by atoms with E-state index >= 15 is 0 Å². The van der Waals surface area contributed by atoms with Crippen LogP contribution in [-0.2, 0) is 0 Å². The van der Waals surface area contributed by atoms with Gasteiger partial charge in [0, 0.05) is 30.4 Å². The number of rotatable bonds is 7. The third kappa shape index (κ3) is 4.34. The molecule has 1 aromatic heterocycles. The average Bonchev–Trinajstić information content (AvgIpc) is 2.48. The first-order chi connectivity index (χ1) is 9.40. The van der Waals surface area contributed by atoms with Crippen LogP contribution in [0.2, 0.25) is 0 Å². The summed E-state index contributed by atoms with van der Waals surface area (Å²) in [5, 5.41) is 3.43. The lowest BCUT2D eigenvalue weighted by Gasteiger charge is -2.17. The molecule has 1 unspecified atom stereocenters. The van der Waals surface area contributed by atoms with E-state index in [2.05, 4.69) is 22.2 Å². The highest BCUT2D eigenvalue weighted by Crippen LogP contribution is 2.16. The zero-order valence-electron chi connectivity index (χ0n) is 11.1. The van der Waals surface area contributed by atoms with Crippen molar-refractivity contribution in [1.29, 1.82) is 0 Å². The molecule has 19 heavy (non-hydrogen) atoms. The number of hydrogen-bond acceptors (Lipinski definition) is 4. The summed E-state index contributed by atoms with van der Waals surface area (Å²) in [4.78, 5) is 8.12. The average molecular weight is 257 g/mol. The monoisotopic (exact) mass is 257 g/mol. The van der Waals surface area contributed by atoms with E-state index in [1.165, 1.54) is 0 Å². The maximum absolute atomic E-state index is 5.72. The number of nitrogens with one attached hydrogen (secondary N) is 1. The topological polar surface area (TPSA) is 47.0 Å². The number of hydrogen-bond donors (Lipinski definition) is 1. The molecular weight excluding hydrogens is 238 g/mol. The Labute approximate surface area is 113 Å². The molecule has 2 rings (SSSR count). The van der Waals surface area contributed by atoms with Gasteiger partial charge in [0.15, 0.2) is 0 Å². The van der Waals surface area contributed by atoms with Crippen molar-refractivity contribution in [3.05, 3.63) is 54.6 Å². The van der Waals surface area contributed by atoms with Gasteiger partial charge in [-0.1, -0.05) is 25.1 Å². The molecule has 1 N–H and O–H groups in total. The Morgan fingerprint density at radius 3 is 2.58 bits per heavy atom. The van der Waals surface area contributed by atoms with Crippen molar-refractivity contribution in [1.82, 2.24) is 15.3 Å². The molecule has 0 saturated carbocycles. The van der Waals surface area contributed by atoms with Crippen LogP contribution in [0.5, 0.6) is 5.75 Å². The quantitative estimate of drug-likeness (QED) is 0.828. The lowest BCUT2D eigenvalue weighted by Crippen LogP contribution is -2.23. The first-order valence-corrected chi connectivity index (χ1v) is 6.56. The van der Waals surface area contributed by atoms with Gasteiger partial charge in [-0.3, -0.25) is 0 Å². The minimum absolute atomic E-state index is 0.231. The van der Waals surface area contributed by atoms with Crippen LogP contribution in [0, 0.1) is 0 Å². The van der Waals surface area contributed by atoms with E-state index in [-0.39, 0.29) is 6.04 Å². The van der Waals surface area contributed by atoms with E-state index in [1.807, 2.05) is 42.7 Å². The summed E-state index contributed by atoms with van der Waals surface area (Å²) in [7, 11) is 0. The fourth-order valence-corrected chi connectivity index (χ4v) is 1.93. The molecule has 0 radical (unpaired) electrons. The van der Waals surface area contributed by atoms with Crippen molar-refractivity contribution in [3.63, 3.8) is 0 Å². The van der Waals surface area contributed by atoms with Crippen molar-refractivity contribution < 1.29 is 4.74 Å². The van der Waals surface area contributed by atoms with Gasteiger partial charge in [-0.2, -0.15) is 0 Å². The smallest absolute Gasteiger partial charge is 0.119 e. The van der Waals surface area contributed by atoms with Gasteiger partial charge >= 0.3 is 0 Å². The first kappa shape index (κ1) is 13.5. The predicted octanol–water partition coefficient (Wildman–Crippen LogP) is 2.60. The van der Waals surface area contributed by atoms with Crippen molar-refractivity contribution in [3.8, 4) is 5.75 Å². The second-order valence-corrected chi connectivity index (χ2v) is 4.23. The summed E-state index contributed by atoms with van der Waals surface area (Å²) in [5.41, 5.74) is 1.10. The molecule has 0 aliphatic rings. The number of para-hydroxylation sites is 1. The van der Waals surface area contributed by atoms with E-state index in [9.17, 15) is 0 Å². The number of ether oxygens (including phenoxy) is 1. The summed E-state index contributed by atoms with van der Waals surface area (Å²) in [5.74, 6) is 0.905. The number of benzene rings is 1. The molecule has 0 fully saturated rings. The highest BCUT2D eigenvalue weighted by molar-refractivity contribution is 5.20. The van der Waals surface area contributed by atoms with Crippen molar-refractivity contribution >= 4 is 0 Å². The van der Waals surface area contributed by atoms with E-state index in [4.69, 9.17) is 4.74 Å². The molecule has 0 aliphatic heterocycles. The van der Waals surface area contributed by atoms with Crippen LogP contribution >= 0.6 is 0 Å². The maximum Gasteiger partial charge on any atom is 0.119 e. The summed E-state index contributed by atoms with van der Waals surface area (Å²) in [6.07, 6.45) is 6.13. The Morgan fingerprint density at radius 2 is 1.89 bits per heavy atom. The Hall–Kier alpha value is -1.94. The lowest BCUT2D eigenvalue weighted by atomic mass is 10.1. The van der Waals surface area contributed by atoms with E-state index in [0.717, 1.165) is 24.3 Å². The van der Waals surface area contributed by atoms with Gasteiger partial charge in [0.25, 0.3) is 0 Å². The largest absolute Gasteiger partial charge is 0.494 e. The van der Waals surface area contributed by atoms with Crippen LogP contribution in [0.3, 0.4) is 0 Å². The van der Waals surface area contributed by atoms with Crippen molar-refractivity contribution in [2.24, 2.45) is 0 Å². The zero-order chi connectivity index (χ0) is 13.3. The Bertz CT molecular complexity index is 461. The zero-order valence-corrected chi connectivity index (χ0v) is 11.1. The predicted molar refractivity (Wildman–Crippen MR) is 75.0 cm³/mol. The highest BCUT2D eigenvalue weighted by atomic mass is 16.5. The van der Waals surface area contributed by atoms with Crippen LogP contribution in [0.1, 0.15) is 24.9 Å². The molecular formula is C15H19N3O. The van der Waals surface area contributed by atoms with E-state index < -0.39 is 0 Å². The van der Waals surface area contributed by atoms with Crippen LogP contribution in [-0.4, -0.2) is 23.1 Å². The van der Waals surface area contributed by atoms with Gasteiger partial charge in [0.2, 0.25) is 0 Å². The number of nitrogens with zero attached hydrogens (tertiary/aromatic N) is 2. The minimum atomic E-state index is 0.231. The van der Waals surface area contributed by atoms with E-state index in [1.54, 1.807) is 6.33 Å². The molecule has 0 spiro atoms. The van der Waals surface area contributed by atoms with Crippen molar-refractivity contribution in [2.45, 2.75) is 19.4 Å². The second kappa shape index (κ2) is 7.48. The molecule has 0 aliphatic carbocycles. The maximum atomic E-state index is 5.72. The molecule has 0 saturated heterocycles. The van der Waals surface area contributed by atoms with Gasteiger partial charge in [-0.05, 0) is 18.7 Å². The standard InChI is InChI=1S/C15H19N3O/c1-2-18-15(13-10-16-12-17-11-13)8-9-19-14-6-4-3-5-7-14/h3-7,10-12,15,18H,2,8-9H2,1H3. The Morgan fingerprint density at radius 1 is 1.16 bits per heavy atom. The van der Waals surface area contributed by atoms with Crippen LogP contribution in [0.25, 0.3) is 0 Å². The summed E-state index contributed by atoms with van der Waals surface area (Å²) in [6, 6.07) is 10.1. The first-order valence-electron chi connectivity index (χ1n) is 6.56. The molecule has 4 heteroatoms. The molecule has 0 bridgehead atoms. The molecule has 100 valence electrons. The lowest BCUT2D eigenvalue weighted by molar-refractivity contribution is 0.287. The fourth-order valence-electron chi connectivity index (χ4n) is 1.93. The molecule has 0 amide bonds. The Kier molecular flexibility index (Phi) is 5.31. The summed E-state index contributed by atoms with van der Waals surface area (Å²) in [6.45, 7) is 3.66. The van der Waals surface area contributed by atoms with Crippen LogP contribution < -0.4 is 10.1 Å². The molecule has 1 heterocycles. The Balaban J connectivity index is 1.87. The molecule has 2 aromatic rings.